The van der Waals surface area contributed by atoms with Gasteiger partial charge in [-0.15, -0.1) is 11.8 Å². The number of carbonyl (C=O) groups excluding carboxylic acids is 2. The lowest BCUT2D eigenvalue weighted by Gasteiger charge is -2.23. The molecule has 0 aromatic carbocycles. The first-order chi connectivity index (χ1) is 8.38. The van der Waals surface area contributed by atoms with Gasteiger partial charge in [-0.1, -0.05) is 0 Å². The van der Waals surface area contributed by atoms with E-state index in [0.717, 1.165) is 0 Å². The monoisotopic (exact) mass is 276 g/mol. The Bertz CT molecular complexity index is 278. The second-order valence-corrected chi connectivity index (χ2v) is 5.18. The third kappa shape index (κ3) is 5.73. The third-order valence-electron chi connectivity index (χ3n) is 2.49. The summed E-state index contributed by atoms with van der Waals surface area (Å²) >= 11 is 1.36. The molecule has 6 heteroatoms. The molecule has 0 aromatic heterocycles. The Morgan fingerprint density at radius 2 is 1.83 bits per heavy atom. The lowest BCUT2D eigenvalue weighted by atomic mass is 10.1. The molecule has 0 fully saturated rings. The highest BCUT2D eigenvalue weighted by Crippen LogP contribution is 2.13. The van der Waals surface area contributed by atoms with E-state index < -0.39 is 11.5 Å². The van der Waals surface area contributed by atoms with E-state index in [1.807, 2.05) is 13.8 Å². The van der Waals surface area contributed by atoms with Gasteiger partial charge in [0.1, 0.15) is 5.54 Å². The predicted octanol–water partition coefficient (Wildman–Crippen LogP) is 0.869. The maximum atomic E-state index is 11.7. The second-order valence-electron chi connectivity index (χ2n) is 4.20. The van der Waals surface area contributed by atoms with Crippen LogP contribution in [0.25, 0.3) is 0 Å². The van der Waals surface area contributed by atoms with Gasteiger partial charge in [-0.3, -0.25) is 9.59 Å². The van der Waals surface area contributed by atoms with Gasteiger partial charge in [0.15, 0.2) is 0 Å². The zero-order valence-corrected chi connectivity index (χ0v) is 12.5. The van der Waals surface area contributed by atoms with E-state index >= 15 is 0 Å². The summed E-state index contributed by atoms with van der Waals surface area (Å²) in [6.07, 6.45) is 0. The first kappa shape index (κ1) is 17.2. The van der Waals surface area contributed by atoms with Crippen LogP contribution in [-0.4, -0.2) is 53.5 Å². The molecule has 0 aliphatic heterocycles. The molecular formula is C12H24N2O3S. The summed E-state index contributed by atoms with van der Waals surface area (Å²) in [6, 6.07) is 0. The Kier molecular flexibility index (Phi) is 8.02. The molecule has 0 spiro atoms. The number of carbonyl (C=O) groups is 2. The fraction of sp³-hybridized carbons (Fsp3) is 0.833. The smallest absolute Gasteiger partial charge is 0.326 e. The number of esters is 1. The maximum Gasteiger partial charge on any atom is 0.326 e. The molecule has 0 aliphatic carbocycles. The molecule has 0 radical (unpaired) electrons. The van der Waals surface area contributed by atoms with Crippen molar-refractivity contribution in [2.24, 2.45) is 5.73 Å². The van der Waals surface area contributed by atoms with E-state index in [-0.39, 0.29) is 5.91 Å². The topological polar surface area (TPSA) is 72.6 Å². The van der Waals surface area contributed by atoms with Gasteiger partial charge < -0.3 is 15.4 Å². The van der Waals surface area contributed by atoms with E-state index in [4.69, 9.17) is 10.5 Å². The van der Waals surface area contributed by atoms with Crippen molar-refractivity contribution in [3.05, 3.63) is 0 Å². The largest absolute Gasteiger partial charge is 0.465 e. The van der Waals surface area contributed by atoms with E-state index in [1.54, 1.807) is 18.7 Å². The number of nitrogens with two attached hydrogens (primary N) is 1. The zero-order chi connectivity index (χ0) is 14.2. The van der Waals surface area contributed by atoms with Gasteiger partial charge >= 0.3 is 5.97 Å². The molecule has 2 N–H and O–H groups in total. The number of hydrogen-bond donors (Lipinski definition) is 1. The molecule has 1 unspecified atom stereocenters. The summed E-state index contributed by atoms with van der Waals surface area (Å²) in [6.45, 7) is 8.97. The van der Waals surface area contributed by atoms with Crippen LogP contribution >= 0.6 is 11.8 Å². The molecule has 0 heterocycles. The number of ether oxygens (including phenoxy) is 1. The Morgan fingerprint density at radius 3 is 2.28 bits per heavy atom. The minimum atomic E-state index is -1.04. The fourth-order valence-electron chi connectivity index (χ4n) is 1.37. The number of rotatable bonds is 8. The SMILES string of the molecule is CCOC(=O)C(C)(N)CSCC(=O)N(CC)CC. The van der Waals surface area contributed by atoms with E-state index in [1.165, 1.54) is 11.8 Å². The molecule has 0 saturated heterocycles. The normalized spacial score (nSPS) is 13.8. The van der Waals surface area contributed by atoms with Gasteiger partial charge in [0.2, 0.25) is 5.91 Å². The Labute approximate surface area is 113 Å². The molecule has 0 bridgehead atoms. The van der Waals surface area contributed by atoms with Crippen LogP contribution in [0.4, 0.5) is 0 Å². The Balaban J connectivity index is 4.10. The molecule has 0 aromatic rings. The summed E-state index contributed by atoms with van der Waals surface area (Å²) in [5.41, 5.74) is 4.82. The van der Waals surface area contributed by atoms with Crippen molar-refractivity contribution < 1.29 is 14.3 Å². The predicted molar refractivity (Wildman–Crippen MR) is 74.5 cm³/mol. The standard InChI is InChI=1S/C12H24N2O3S/c1-5-14(6-2)10(15)8-18-9-12(4,13)11(16)17-7-3/h5-9,13H2,1-4H3. The summed E-state index contributed by atoms with van der Waals surface area (Å²) in [7, 11) is 0. The molecule has 1 amide bonds. The van der Waals surface area contributed by atoms with Crippen LogP contribution in [0.15, 0.2) is 0 Å². The van der Waals surface area contributed by atoms with Crippen LogP contribution in [-0.2, 0) is 14.3 Å². The van der Waals surface area contributed by atoms with Crippen molar-refractivity contribution in [2.45, 2.75) is 33.2 Å². The van der Waals surface area contributed by atoms with Crippen LogP contribution in [0, 0.1) is 0 Å². The van der Waals surface area contributed by atoms with Crippen LogP contribution in [0.3, 0.4) is 0 Å². The molecule has 106 valence electrons. The zero-order valence-electron chi connectivity index (χ0n) is 11.7. The van der Waals surface area contributed by atoms with Gasteiger partial charge in [0.25, 0.3) is 0 Å². The molecule has 18 heavy (non-hydrogen) atoms. The molecule has 0 saturated carbocycles. The van der Waals surface area contributed by atoms with Crippen LogP contribution in [0.5, 0.6) is 0 Å². The molecular weight excluding hydrogens is 252 g/mol. The number of nitrogens with zero attached hydrogens (tertiary/aromatic N) is 1. The third-order valence-corrected chi connectivity index (χ3v) is 3.74. The van der Waals surface area contributed by atoms with Crippen molar-refractivity contribution in [3.63, 3.8) is 0 Å². The Hall–Kier alpha value is -0.750. The molecule has 1 atom stereocenters. The Morgan fingerprint density at radius 1 is 1.28 bits per heavy atom. The van der Waals surface area contributed by atoms with E-state index in [2.05, 4.69) is 0 Å². The van der Waals surface area contributed by atoms with Crippen molar-refractivity contribution in [1.82, 2.24) is 4.90 Å². The quantitative estimate of drug-likeness (QED) is 0.666. The van der Waals surface area contributed by atoms with Crippen LogP contribution in [0.1, 0.15) is 27.7 Å². The highest BCUT2D eigenvalue weighted by Gasteiger charge is 2.30. The van der Waals surface area contributed by atoms with Crippen LogP contribution in [0.2, 0.25) is 0 Å². The van der Waals surface area contributed by atoms with E-state index in [9.17, 15) is 9.59 Å². The first-order valence-corrected chi connectivity index (χ1v) is 7.36. The average molecular weight is 276 g/mol. The molecule has 5 nitrogen and oxygen atoms in total. The van der Waals surface area contributed by atoms with Crippen molar-refractivity contribution >= 4 is 23.6 Å². The maximum absolute atomic E-state index is 11.7. The summed E-state index contributed by atoms with van der Waals surface area (Å²) in [5.74, 6) is 0.365. The fourth-order valence-corrected chi connectivity index (χ4v) is 2.37. The van der Waals surface area contributed by atoms with Gasteiger partial charge in [-0.2, -0.15) is 0 Å². The molecule has 0 rings (SSSR count). The van der Waals surface area contributed by atoms with Crippen molar-refractivity contribution in [3.8, 4) is 0 Å². The molecule has 0 aliphatic rings. The van der Waals surface area contributed by atoms with Crippen LogP contribution < -0.4 is 5.73 Å². The lowest BCUT2D eigenvalue weighted by Crippen LogP contribution is -2.48. The lowest BCUT2D eigenvalue weighted by molar-refractivity contribution is -0.148. The minimum Gasteiger partial charge on any atom is -0.465 e. The first-order valence-electron chi connectivity index (χ1n) is 6.20. The van der Waals surface area contributed by atoms with Gasteiger partial charge in [-0.05, 0) is 27.7 Å². The summed E-state index contributed by atoms with van der Waals surface area (Å²) in [4.78, 5) is 25.0. The number of thioether (sulfide) groups is 1. The second kappa shape index (κ2) is 8.37. The van der Waals surface area contributed by atoms with Crippen molar-refractivity contribution in [1.29, 1.82) is 0 Å². The highest BCUT2D eigenvalue weighted by molar-refractivity contribution is 8.00. The van der Waals surface area contributed by atoms with E-state index in [0.29, 0.717) is 31.2 Å². The van der Waals surface area contributed by atoms with Gasteiger partial charge in [0.05, 0.1) is 12.4 Å². The highest BCUT2D eigenvalue weighted by atomic mass is 32.2. The van der Waals surface area contributed by atoms with Crippen molar-refractivity contribution in [2.75, 3.05) is 31.2 Å². The van der Waals surface area contributed by atoms with Gasteiger partial charge in [0, 0.05) is 18.8 Å². The average Bonchev–Trinajstić information content (AvgIpc) is 2.30. The van der Waals surface area contributed by atoms with Gasteiger partial charge in [-0.25, -0.2) is 0 Å². The number of amides is 1. The summed E-state index contributed by atoms with van der Waals surface area (Å²) in [5, 5.41) is 0. The number of hydrogen-bond acceptors (Lipinski definition) is 5. The summed E-state index contributed by atoms with van der Waals surface area (Å²) < 4.78 is 4.88. The minimum absolute atomic E-state index is 0.0738.